The summed E-state index contributed by atoms with van der Waals surface area (Å²) < 4.78 is 1.01. The molecule has 5 heteroatoms. The smallest absolute Gasteiger partial charge is 0.148 e. The van der Waals surface area contributed by atoms with Gasteiger partial charge in [0.2, 0.25) is 0 Å². The number of nitrogens with one attached hydrogen (secondary N) is 1. The lowest BCUT2D eigenvalue weighted by atomic mass is 9.99. The molecule has 0 saturated heterocycles. The molecule has 0 fully saturated rings. The van der Waals surface area contributed by atoms with Crippen LogP contribution in [0.25, 0.3) is 10.2 Å². The van der Waals surface area contributed by atoms with E-state index in [0.717, 1.165) is 21.9 Å². The Hall–Kier alpha value is -1.88. The molecule has 0 amide bonds. The van der Waals surface area contributed by atoms with Crippen molar-refractivity contribution in [2.45, 2.75) is 19.9 Å². The Morgan fingerprint density at radius 1 is 1.20 bits per heavy atom. The van der Waals surface area contributed by atoms with Gasteiger partial charge in [-0.25, -0.2) is 9.97 Å². The Bertz CT molecular complexity index is 739. The molecule has 3 rings (SSSR count). The van der Waals surface area contributed by atoms with Gasteiger partial charge in [0.1, 0.15) is 19.5 Å². The van der Waals surface area contributed by atoms with Crippen LogP contribution < -0.4 is 10.8 Å². The molecule has 0 spiro atoms. The lowest BCUT2D eigenvalue weighted by molar-refractivity contribution is 0.873. The van der Waals surface area contributed by atoms with Crippen molar-refractivity contribution in [3.63, 3.8) is 0 Å². The fourth-order valence-corrected chi connectivity index (χ4v) is 3.02. The van der Waals surface area contributed by atoms with Gasteiger partial charge in [0.25, 0.3) is 0 Å². The summed E-state index contributed by atoms with van der Waals surface area (Å²) in [5.74, 6) is 1.58. The van der Waals surface area contributed by atoms with Gasteiger partial charge in [-0.15, -0.1) is 11.3 Å². The summed E-state index contributed by atoms with van der Waals surface area (Å²) in [7, 11) is 5.95. The molecule has 1 atom stereocenters. The van der Waals surface area contributed by atoms with Crippen molar-refractivity contribution in [2.75, 3.05) is 5.32 Å². The lowest BCUT2D eigenvalue weighted by Gasteiger charge is -2.15. The summed E-state index contributed by atoms with van der Waals surface area (Å²) in [6.45, 7) is 4.00. The van der Waals surface area contributed by atoms with Crippen LogP contribution >= 0.6 is 11.3 Å². The molecule has 0 aliphatic carbocycles. The van der Waals surface area contributed by atoms with Gasteiger partial charge in [0.05, 0.1) is 10.2 Å². The number of rotatable bonds is 3. The normalized spacial score (nSPS) is 12.5. The van der Waals surface area contributed by atoms with Crippen LogP contribution in [0.15, 0.2) is 35.7 Å². The van der Waals surface area contributed by atoms with Crippen LogP contribution in [0, 0.1) is 6.92 Å². The van der Waals surface area contributed by atoms with Crippen LogP contribution in [0.2, 0.25) is 0 Å². The summed E-state index contributed by atoms with van der Waals surface area (Å²) in [6, 6.07) is 10.5. The van der Waals surface area contributed by atoms with Gasteiger partial charge in [-0.05, 0) is 24.8 Å². The number of aromatic nitrogens is 2. The van der Waals surface area contributed by atoms with Crippen molar-refractivity contribution in [3.8, 4) is 0 Å². The number of aryl methyl sites for hydroxylation is 1. The van der Waals surface area contributed by atoms with E-state index in [9.17, 15) is 0 Å². The molecule has 1 N–H and O–H groups in total. The lowest BCUT2D eigenvalue weighted by Crippen LogP contribution is -2.10. The second-order valence-electron chi connectivity index (χ2n) is 4.76. The molecule has 0 aliphatic rings. The van der Waals surface area contributed by atoms with Crippen LogP contribution in [-0.4, -0.2) is 17.8 Å². The Morgan fingerprint density at radius 3 is 2.70 bits per heavy atom. The minimum atomic E-state index is 0.178. The predicted octanol–water partition coefficient (Wildman–Crippen LogP) is 2.97. The van der Waals surface area contributed by atoms with Crippen LogP contribution in [0.3, 0.4) is 0 Å². The van der Waals surface area contributed by atoms with Crippen molar-refractivity contribution < 1.29 is 0 Å². The zero-order chi connectivity index (χ0) is 14.1. The van der Waals surface area contributed by atoms with E-state index in [-0.39, 0.29) is 6.04 Å². The minimum Gasteiger partial charge on any atom is -0.362 e. The van der Waals surface area contributed by atoms with Gasteiger partial charge in [-0.3, -0.25) is 0 Å². The average molecular weight is 279 g/mol. The fraction of sp³-hybridized carbons (Fsp3) is 0.200. The number of benzene rings is 1. The maximum atomic E-state index is 5.95. The number of hydrogen-bond donors (Lipinski definition) is 1. The quantitative estimate of drug-likeness (QED) is 0.749. The van der Waals surface area contributed by atoms with Crippen LogP contribution in [0.5, 0.6) is 0 Å². The molecule has 2 aromatic heterocycles. The zero-order valence-corrected chi connectivity index (χ0v) is 12.2. The fourth-order valence-electron chi connectivity index (χ4n) is 2.18. The van der Waals surface area contributed by atoms with Crippen LogP contribution in [0.4, 0.5) is 5.82 Å². The Morgan fingerprint density at radius 2 is 1.95 bits per heavy atom. The van der Waals surface area contributed by atoms with Gasteiger partial charge in [0.15, 0.2) is 0 Å². The predicted molar refractivity (Wildman–Crippen MR) is 86.0 cm³/mol. The first-order chi connectivity index (χ1) is 9.65. The zero-order valence-electron chi connectivity index (χ0n) is 11.4. The monoisotopic (exact) mass is 279 g/mol. The second-order valence-corrected chi connectivity index (χ2v) is 5.64. The van der Waals surface area contributed by atoms with Crippen molar-refractivity contribution in [1.82, 2.24) is 9.97 Å². The number of fused-ring (bicyclic) bond motifs is 1. The summed E-state index contributed by atoms with van der Waals surface area (Å²) in [5, 5.41) is 5.37. The van der Waals surface area contributed by atoms with Gasteiger partial charge < -0.3 is 5.32 Å². The molecule has 0 bridgehead atoms. The molecule has 2 heterocycles. The highest BCUT2D eigenvalue weighted by Crippen LogP contribution is 2.27. The number of thiophene rings is 1. The molecule has 3 aromatic rings. The van der Waals surface area contributed by atoms with E-state index in [1.165, 1.54) is 5.56 Å². The van der Waals surface area contributed by atoms with E-state index >= 15 is 0 Å². The molecule has 0 saturated carbocycles. The number of hydrogen-bond acceptors (Lipinski definition) is 4. The maximum absolute atomic E-state index is 5.95. The summed E-state index contributed by atoms with van der Waals surface area (Å²) in [6.07, 6.45) is 0. The summed E-state index contributed by atoms with van der Waals surface area (Å²) in [4.78, 5) is 8.92. The average Bonchev–Trinajstić information content (AvgIpc) is 2.81. The largest absolute Gasteiger partial charge is 0.362 e. The van der Waals surface area contributed by atoms with Crippen LogP contribution in [0.1, 0.15) is 24.4 Å². The second kappa shape index (κ2) is 5.25. The molecule has 0 unspecified atom stereocenters. The molecular formula is C15H14BN3S. The van der Waals surface area contributed by atoms with Gasteiger partial charge in [-0.2, -0.15) is 0 Å². The Kier molecular flexibility index (Phi) is 3.44. The minimum absolute atomic E-state index is 0.178. The molecule has 98 valence electrons. The first-order valence-electron chi connectivity index (χ1n) is 6.48. The molecule has 0 aliphatic heterocycles. The van der Waals surface area contributed by atoms with E-state index in [4.69, 9.17) is 7.85 Å². The van der Waals surface area contributed by atoms with E-state index < -0.39 is 0 Å². The SMILES string of the molecule is [B]c1csc2c(N[C@H](C)c3ccccc3)nc(C)nc12. The Labute approximate surface area is 123 Å². The van der Waals surface area contributed by atoms with Gasteiger partial charge >= 0.3 is 0 Å². The van der Waals surface area contributed by atoms with E-state index in [2.05, 4.69) is 34.3 Å². The van der Waals surface area contributed by atoms with Crippen molar-refractivity contribution in [2.24, 2.45) is 0 Å². The van der Waals surface area contributed by atoms with Crippen molar-refractivity contribution in [1.29, 1.82) is 0 Å². The molecule has 3 nitrogen and oxygen atoms in total. The highest BCUT2D eigenvalue weighted by atomic mass is 32.1. The highest BCUT2D eigenvalue weighted by Gasteiger charge is 2.12. The third kappa shape index (κ3) is 2.41. The number of nitrogens with zero attached hydrogens (tertiary/aromatic N) is 2. The number of anilines is 1. The summed E-state index contributed by atoms with van der Waals surface area (Å²) >= 11 is 1.57. The first-order valence-corrected chi connectivity index (χ1v) is 7.36. The van der Waals surface area contributed by atoms with E-state index in [1.54, 1.807) is 11.3 Å². The van der Waals surface area contributed by atoms with E-state index in [0.29, 0.717) is 5.46 Å². The van der Waals surface area contributed by atoms with Crippen molar-refractivity contribution in [3.05, 3.63) is 47.1 Å². The topological polar surface area (TPSA) is 37.8 Å². The highest BCUT2D eigenvalue weighted by molar-refractivity contribution is 7.18. The van der Waals surface area contributed by atoms with E-state index in [1.807, 2.05) is 30.5 Å². The van der Waals surface area contributed by atoms with Crippen LogP contribution in [-0.2, 0) is 0 Å². The molecular weight excluding hydrogens is 265 g/mol. The third-order valence-corrected chi connectivity index (χ3v) is 4.20. The summed E-state index contributed by atoms with van der Waals surface area (Å²) in [5.41, 5.74) is 2.78. The molecule has 2 radical (unpaired) electrons. The molecule has 1 aromatic carbocycles. The third-order valence-electron chi connectivity index (χ3n) is 3.21. The first kappa shape index (κ1) is 13.1. The van der Waals surface area contributed by atoms with Gasteiger partial charge in [0, 0.05) is 6.04 Å². The standard InChI is InChI=1S/C15H14BN3S/c1-9(11-6-4-3-5-7-11)17-15-14-13(12(16)8-20-14)18-10(2)19-15/h3-9H,1-2H3,(H,17,18,19)/t9-/m1/s1. The van der Waals surface area contributed by atoms with Gasteiger partial charge in [-0.1, -0.05) is 35.8 Å². The maximum Gasteiger partial charge on any atom is 0.148 e. The Balaban J connectivity index is 1.98. The van der Waals surface area contributed by atoms with Crippen molar-refractivity contribution >= 4 is 40.7 Å². The molecule has 20 heavy (non-hydrogen) atoms.